The van der Waals surface area contributed by atoms with Crippen molar-refractivity contribution in [2.24, 2.45) is 0 Å². The molecule has 1 aromatic carbocycles. The molecule has 3 rings (SSSR count). The van der Waals surface area contributed by atoms with E-state index in [1.165, 1.54) is 6.33 Å². The summed E-state index contributed by atoms with van der Waals surface area (Å²) < 4.78 is 6.12. The van der Waals surface area contributed by atoms with Gasteiger partial charge < -0.3 is 15.1 Å². The fourth-order valence-electron chi connectivity index (χ4n) is 1.93. The van der Waals surface area contributed by atoms with Crippen molar-refractivity contribution in [2.75, 3.05) is 10.6 Å². The molecule has 0 aliphatic carbocycles. The predicted molar refractivity (Wildman–Crippen MR) is 90.2 cm³/mol. The molecule has 6 nitrogen and oxygen atoms in total. The van der Waals surface area contributed by atoms with E-state index >= 15 is 0 Å². The summed E-state index contributed by atoms with van der Waals surface area (Å²) in [6.07, 6.45) is 2.95. The minimum absolute atomic E-state index is 0.280. The molecule has 0 saturated heterocycles. The third-order valence-electron chi connectivity index (χ3n) is 3.01. The predicted octanol–water partition coefficient (Wildman–Crippen LogP) is 3.70. The number of halogens is 1. The molecule has 2 heterocycles. The Morgan fingerprint density at radius 1 is 1.17 bits per heavy atom. The second-order valence-electron chi connectivity index (χ2n) is 4.69. The van der Waals surface area contributed by atoms with Crippen LogP contribution in [0.5, 0.6) is 0 Å². The first-order chi connectivity index (χ1) is 11.2. The first-order valence-corrected chi connectivity index (χ1v) is 7.65. The molecule has 0 bridgehead atoms. The van der Waals surface area contributed by atoms with E-state index < -0.39 is 0 Å². The van der Waals surface area contributed by atoms with Crippen molar-refractivity contribution in [3.05, 3.63) is 71.0 Å². The minimum atomic E-state index is -0.299. The average Bonchev–Trinajstić information content (AvgIpc) is 3.07. The molecule has 7 heteroatoms. The zero-order valence-electron chi connectivity index (χ0n) is 12.0. The topological polar surface area (TPSA) is 80.0 Å². The summed E-state index contributed by atoms with van der Waals surface area (Å²) >= 11 is 3.36. The van der Waals surface area contributed by atoms with Crippen molar-refractivity contribution in [3.8, 4) is 0 Å². The Kier molecular flexibility index (Phi) is 4.68. The van der Waals surface area contributed by atoms with Crippen molar-refractivity contribution >= 4 is 33.3 Å². The molecule has 116 valence electrons. The monoisotopic (exact) mass is 372 g/mol. The molecule has 0 unspecified atom stereocenters. The van der Waals surface area contributed by atoms with Crippen LogP contribution >= 0.6 is 15.9 Å². The normalized spacial score (nSPS) is 10.3. The standard InChI is InChI=1S/C16H13BrN4O2/c17-11-3-1-4-12(7-11)21-16(22)14-8-15(20-10-19-14)18-9-13-5-2-6-23-13/h1-8,10H,9H2,(H,21,22)(H,18,19,20). The molecular formula is C16H13BrN4O2. The number of hydrogen-bond donors (Lipinski definition) is 2. The van der Waals surface area contributed by atoms with E-state index in [0.717, 1.165) is 10.2 Å². The van der Waals surface area contributed by atoms with Crippen LogP contribution in [0.1, 0.15) is 16.2 Å². The number of nitrogens with one attached hydrogen (secondary N) is 2. The number of nitrogens with zero attached hydrogens (tertiary/aromatic N) is 2. The Labute approximate surface area is 141 Å². The molecule has 0 spiro atoms. The van der Waals surface area contributed by atoms with Crippen molar-refractivity contribution in [1.82, 2.24) is 9.97 Å². The van der Waals surface area contributed by atoms with Gasteiger partial charge in [-0.05, 0) is 30.3 Å². The second kappa shape index (κ2) is 7.06. The molecule has 0 radical (unpaired) electrons. The average molecular weight is 373 g/mol. The van der Waals surface area contributed by atoms with E-state index in [9.17, 15) is 4.79 Å². The van der Waals surface area contributed by atoms with Crippen molar-refractivity contribution in [3.63, 3.8) is 0 Å². The lowest BCUT2D eigenvalue weighted by atomic mass is 10.3. The van der Waals surface area contributed by atoms with Gasteiger partial charge in [0.2, 0.25) is 0 Å². The maximum atomic E-state index is 12.2. The van der Waals surface area contributed by atoms with Crippen LogP contribution in [0.4, 0.5) is 11.5 Å². The van der Waals surface area contributed by atoms with Gasteiger partial charge in [-0.3, -0.25) is 4.79 Å². The summed E-state index contributed by atoms with van der Waals surface area (Å²) in [6.45, 7) is 0.483. The molecule has 0 saturated carbocycles. The summed E-state index contributed by atoms with van der Waals surface area (Å²) in [5.74, 6) is 1.03. The molecule has 23 heavy (non-hydrogen) atoms. The number of aromatic nitrogens is 2. The number of amides is 1. The van der Waals surface area contributed by atoms with Crippen molar-refractivity contribution in [2.45, 2.75) is 6.54 Å². The van der Waals surface area contributed by atoms with Crippen LogP contribution < -0.4 is 10.6 Å². The van der Waals surface area contributed by atoms with Gasteiger partial charge in [-0.15, -0.1) is 0 Å². The Balaban J connectivity index is 1.67. The highest BCUT2D eigenvalue weighted by Crippen LogP contribution is 2.16. The molecule has 1 amide bonds. The minimum Gasteiger partial charge on any atom is -0.467 e. The van der Waals surface area contributed by atoms with Gasteiger partial charge in [0.15, 0.2) is 0 Å². The zero-order chi connectivity index (χ0) is 16.1. The summed E-state index contributed by atoms with van der Waals surface area (Å²) in [5.41, 5.74) is 0.968. The molecule has 3 aromatic rings. The maximum Gasteiger partial charge on any atom is 0.274 e. The highest BCUT2D eigenvalue weighted by atomic mass is 79.9. The molecule has 0 aliphatic rings. The highest BCUT2D eigenvalue weighted by molar-refractivity contribution is 9.10. The van der Waals surface area contributed by atoms with Crippen molar-refractivity contribution < 1.29 is 9.21 Å². The van der Waals surface area contributed by atoms with Crippen LogP contribution in [0.3, 0.4) is 0 Å². The molecule has 2 aromatic heterocycles. The number of anilines is 2. The Hall–Kier alpha value is -2.67. The first-order valence-electron chi connectivity index (χ1n) is 6.86. The van der Waals surface area contributed by atoms with Crippen LogP contribution in [0, 0.1) is 0 Å². The third-order valence-corrected chi connectivity index (χ3v) is 3.50. The van der Waals surface area contributed by atoms with Gasteiger partial charge in [0.25, 0.3) is 5.91 Å². The quantitative estimate of drug-likeness (QED) is 0.713. The summed E-state index contributed by atoms with van der Waals surface area (Å²) in [4.78, 5) is 20.3. The maximum absolute atomic E-state index is 12.2. The van der Waals surface area contributed by atoms with E-state index in [-0.39, 0.29) is 11.6 Å². The SMILES string of the molecule is O=C(Nc1cccc(Br)c1)c1cc(NCc2ccco2)ncn1. The summed E-state index contributed by atoms with van der Waals surface area (Å²) in [6, 6.07) is 12.6. The van der Waals surface area contributed by atoms with Gasteiger partial charge in [0.1, 0.15) is 23.6 Å². The molecule has 0 aliphatic heterocycles. The Bertz CT molecular complexity index is 805. The van der Waals surface area contributed by atoms with Gasteiger partial charge in [-0.1, -0.05) is 22.0 Å². The number of furan rings is 1. The van der Waals surface area contributed by atoms with E-state index in [0.29, 0.717) is 18.1 Å². The third kappa shape index (κ3) is 4.17. The fourth-order valence-corrected chi connectivity index (χ4v) is 2.33. The number of benzene rings is 1. The molecule has 0 atom stereocenters. The number of rotatable bonds is 5. The first kappa shape index (κ1) is 15.2. The van der Waals surface area contributed by atoms with Gasteiger partial charge in [0.05, 0.1) is 12.8 Å². The lowest BCUT2D eigenvalue weighted by Crippen LogP contribution is -2.14. The number of carbonyl (C=O) groups excluding carboxylic acids is 1. The van der Waals surface area contributed by atoms with Gasteiger partial charge in [-0.25, -0.2) is 9.97 Å². The van der Waals surface area contributed by atoms with Gasteiger partial charge in [0, 0.05) is 16.2 Å². The van der Waals surface area contributed by atoms with Crippen LogP contribution in [0.2, 0.25) is 0 Å². The van der Waals surface area contributed by atoms with E-state index in [1.54, 1.807) is 18.4 Å². The smallest absolute Gasteiger partial charge is 0.274 e. The summed E-state index contributed by atoms with van der Waals surface area (Å²) in [7, 11) is 0. The van der Waals surface area contributed by atoms with E-state index in [1.807, 2.05) is 30.3 Å². The van der Waals surface area contributed by atoms with Crippen LogP contribution in [-0.4, -0.2) is 15.9 Å². The lowest BCUT2D eigenvalue weighted by molar-refractivity contribution is 0.102. The number of hydrogen-bond acceptors (Lipinski definition) is 5. The molecular weight excluding hydrogens is 360 g/mol. The highest BCUT2D eigenvalue weighted by Gasteiger charge is 2.09. The largest absolute Gasteiger partial charge is 0.467 e. The van der Waals surface area contributed by atoms with Crippen molar-refractivity contribution in [1.29, 1.82) is 0 Å². The molecule has 2 N–H and O–H groups in total. The number of carbonyl (C=O) groups is 1. The van der Waals surface area contributed by atoms with Gasteiger partial charge in [-0.2, -0.15) is 0 Å². The van der Waals surface area contributed by atoms with Crippen LogP contribution in [0.25, 0.3) is 0 Å². The Morgan fingerprint density at radius 3 is 2.87 bits per heavy atom. The zero-order valence-corrected chi connectivity index (χ0v) is 13.6. The van der Waals surface area contributed by atoms with Crippen LogP contribution in [-0.2, 0) is 6.54 Å². The van der Waals surface area contributed by atoms with E-state index in [2.05, 4.69) is 36.5 Å². The fraction of sp³-hybridized carbons (Fsp3) is 0.0625. The molecule has 0 fully saturated rings. The van der Waals surface area contributed by atoms with Gasteiger partial charge >= 0.3 is 0 Å². The van der Waals surface area contributed by atoms with Crippen LogP contribution in [0.15, 0.2) is 63.9 Å². The summed E-state index contributed by atoms with van der Waals surface area (Å²) in [5, 5.41) is 5.87. The Morgan fingerprint density at radius 2 is 2.09 bits per heavy atom. The van der Waals surface area contributed by atoms with E-state index in [4.69, 9.17) is 4.42 Å². The second-order valence-corrected chi connectivity index (χ2v) is 5.60. The lowest BCUT2D eigenvalue weighted by Gasteiger charge is -2.07.